The van der Waals surface area contributed by atoms with Crippen molar-refractivity contribution in [2.24, 2.45) is 17.1 Å². The summed E-state index contributed by atoms with van der Waals surface area (Å²) < 4.78 is 4.45. The minimum atomic E-state index is -1.15. The first-order chi connectivity index (χ1) is 18.1. The van der Waals surface area contributed by atoms with E-state index in [4.69, 9.17) is 5.73 Å². The minimum absolute atomic E-state index is 0.0533. The van der Waals surface area contributed by atoms with Gasteiger partial charge in [0.15, 0.2) is 5.78 Å². The summed E-state index contributed by atoms with van der Waals surface area (Å²) in [7, 11) is 1.35. The molecule has 39 heavy (non-hydrogen) atoms. The average molecular weight is 539 g/mol. The molecule has 0 saturated carbocycles. The molecule has 2 aromatic carbocycles. The number of esters is 1. The molecule has 0 fully saturated rings. The molecule has 1 amide bonds. The van der Waals surface area contributed by atoms with Crippen LogP contribution in [-0.4, -0.2) is 47.9 Å². The van der Waals surface area contributed by atoms with Gasteiger partial charge >= 0.3 is 11.9 Å². The second kappa shape index (κ2) is 15.6. The first-order valence-electron chi connectivity index (χ1n) is 12.9. The molecule has 0 bridgehead atoms. The Morgan fingerprint density at radius 1 is 1.03 bits per heavy atom. The highest BCUT2D eigenvalue weighted by molar-refractivity contribution is 6.24. The van der Waals surface area contributed by atoms with Gasteiger partial charge in [-0.25, -0.2) is 4.79 Å². The van der Waals surface area contributed by atoms with Crippen molar-refractivity contribution in [3.63, 3.8) is 0 Å². The molecule has 2 unspecified atom stereocenters. The van der Waals surface area contributed by atoms with E-state index in [1.165, 1.54) is 13.2 Å². The van der Waals surface area contributed by atoms with Gasteiger partial charge in [-0.1, -0.05) is 94.8 Å². The topological polar surface area (TPSA) is 136 Å². The molecule has 2 aromatic rings. The summed E-state index contributed by atoms with van der Waals surface area (Å²) >= 11 is 0. The lowest BCUT2D eigenvalue weighted by molar-refractivity contribution is -0.142. The molecule has 8 nitrogen and oxygen atoms in total. The van der Waals surface area contributed by atoms with Crippen molar-refractivity contribution in [3.8, 4) is 0 Å². The maximum Gasteiger partial charge on any atom is 0.326 e. The van der Waals surface area contributed by atoms with Gasteiger partial charge in [-0.05, 0) is 36.5 Å². The zero-order chi connectivity index (χ0) is 29.8. The maximum absolute atomic E-state index is 13.0. The summed E-state index contributed by atoms with van der Waals surface area (Å²) in [5, 5.41) is 12.1. The third-order valence-electron chi connectivity index (χ3n) is 5.64. The van der Waals surface area contributed by atoms with Crippen molar-refractivity contribution < 1.29 is 29.0 Å². The van der Waals surface area contributed by atoms with Crippen molar-refractivity contribution in [2.45, 2.75) is 66.5 Å². The molecule has 2 rings (SSSR count). The molecule has 2 atom stereocenters. The average Bonchev–Trinajstić information content (AvgIpc) is 2.86. The van der Waals surface area contributed by atoms with Gasteiger partial charge in [-0.2, -0.15) is 0 Å². The first kappa shape index (κ1) is 33.2. The fourth-order valence-electron chi connectivity index (χ4n) is 3.61. The van der Waals surface area contributed by atoms with Crippen LogP contribution < -0.4 is 11.1 Å². The van der Waals surface area contributed by atoms with Crippen LogP contribution in [0.2, 0.25) is 0 Å². The van der Waals surface area contributed by atoms with E-state index in [1.807, 2.05) is 57.2 Å². The summed E-state index contributed by atoms with van der Waals surface area (Å²) in [5.74, 6) is -2.07. The van der Waals surface area contributed by atoms with Crippen LogP contribution in [0.15, 0.2) is 60.2 Å². The normalized spacial score (nSPS) is 13.0. The molecule has 0 aliphatic carbocycles. The zero-order valence-electron chi connectivity index (χ0n) is 24.0. The van der Waals surface area contributed by atoms with Crippen molar-refractivity contribution in [3.05, 3.63) is 76.9 Å². The number of rotatable bonds is 10. The number of methoxy groups -OCH3 is 1. The van der Waals surface area contributed by atoms with Crippen LogP contribution in [0, 0.1) is 18.3 Å². The van der Waals surface area contributed by atoms with Crippen LogP contribution in [0.4, 0.5) is 0 Å². The third kappa shape index (κ3) is 12.1. The Bertz CT molecular complexity index is 1150. The number of ether oxygens (including phenoxy) is 1. The van der Waals surface area contributed by atoms with Crippen LogP contribution in [-0.2, 0) is 30.3 Å². The molecule has 0 aromatic heterocycles. The number of hydrogen-bond acceptors (Lipinski definition) is 6. The number of carbonyl (C=O) groups excluding carboxylic acids is 3. The van der Waals surface area contributed by atoms with Gasteiger partial charge in [-0.15, -0.1) is 0 Å². The van der Waals surface area contributed by atoms with E-state index >= 15 is 0 Å². The van der Waals surface area contributed by atoms with E-state index in [1.54, 1.807) is 39.0 Å². The number of ketones is 1. The molecular formula is C31H42N2O6. The molecule has 0 saturated heterocycles. The van der Waals surface area contributed by atoms with Crippen LogP contribution in [0.3, 0.4) is 0 Å². The molecule has 212 valence electrons. The fraction of sp³-hybridized carbons (Fsp3) is 0.419. The Hall–Kier alpha value is -3.78. The second-order valence-electron chi connectivity index (χ2n) is 10.9. The predicted molar refractivity (Wildman–Crippen MR) is 153 cm³/mol. The largest absolute Gasteiger partial charge is 0.480 e. The quantitative estimate of drug-likeness (QED) is 0.177. The van der Waals surface area contributed by atoms with Crippen LogP contribution in [0.5, 0.6) is 0 Å². The Morgan fingerprint density at radius 3 is 2.13 bits per heavy atom. The summed E-state index contributed by atoms with van der Waals surface area (Å²) in [6, 6.07) is 14.9. The summed E-state index contributed by atoms with van der Waals surface area (Å²) in [6.45, 7) is 11.1. The highest BCUT2D eigenvalue weighted by Crippen LogP contribution is 2.22. The molecule has 0 spiro atoms. The Labute approximate surface area is 231 Å². The Balaban J connectivity index is 0.000000646. The van der Waals surface area contributed by atoms with Gasteiger partial charge in [0, 0.05) is 11.8 Å². The maximum atomic E-state index is 13.0. The number of nitrogens with one attached hydrogen (secondary N) is 1. The first-order valence-corrected chi connectivity index (χ1v) is 12.9. The minimum Gasteiger partial charge on any atom is -0.480 e. The number of amides is 1. The monoisotopic (exact) mass is 538 g/mol. The van der Waals surface area contributed by atoms with Gasteiger partial charge in [0.25, 0.3) is 5.91 Å². The number of carbonyl (C=O) groups is 4. The molecule has 0 radical (unpaired) electrons. The second-order valence-corrected chi connectivity index (χ2v) is 10.9. The van der Waals surface area contributed by atoms with E-state index in [-0.39, 0.29) is 23.7 Å². The van der Waals surface area contributed by atoms with Gasteiger partial charge in [0.2, 0.25) is 0 Å². The number of nitrogens with two attached hydrogens (primary N) is 1. The van der Waals surface area contributed by atoms with Crippen LogP contribution in [0.1, 0.15) is 57.7 Å². The highest BCUT2D eigenvalue weighted by atomic mass is 16.5. The smallest absolute Gasteiger partial charge is 0.326 e. The number of carboxylic acid groups (broad SMARTS) is 1. The fourth-order valence-corrected chi connectivity index (χ4v) is 3.61. The molecule has 0 aliphatic rings. The summed E-state index contributed by atoms with van der Waals surface area (Å²) in [6.07, 6.45) is 2.34. The lowest BCUT2D eigenvalue weighted by atomic mass is 9.85. The van der Waals surface area contributed by atoms with Crippen LogP contribution in [0.25, 0.3) is 6.08 Å². The van der Waals surface area contributed by atoms with E-state index in [9.17, 15) is 24.3 Å². The van der Waals surface area contributed by atoms with Crippen LogP contribution >= 0.6 is 0 Å². The lowest BCUT2D eigenvalue weighted by Crippen LogP contribution is -2.44. The molecular weight excluding hydrogens is 496 g/mol. The van der Waals surface area contributed by atoms with Gasteiger partial charge in [0.05, 0.1) is 12.7 Å². The SMILES string of the molecule is COC(=O)C(N)CC(C)C.Cc1cccc(/C=C(\C(=O)NC(Cc2ccccc2)C(=O)O)C(=O)C(C)(C)C)c1. The van der Waals surface area contributed by atoms with E-state index in [0.29, 0.717) is 17.9 Å². The number of Topliss-reactive ketones (excluding diaryl/α,β-unsaturated/α-hetero) is 1. The standard InChI is InChI=1S/C24H27NO4.C7H15NO2/c1-16-9-8-12-18(13-16)14-19(21(26)24(2,3)4)22(27)25-20(23(28)29)15-17-10-6-5-7-11-17;1-5(2)4-6(8)7(9)10-3/h5-14,20H,15H2,1-4H3,(H,25,27)(H,28,29);5-6H,4,8H2,1-3H3/b19-14-;. The molecule has 4 N–H and O–H groups in total. The number of aryl methyl sites for hydroxylation is 1. The van der Waals surface area contributed by atoms with E-state index in [2.05, 4.69) is 10.1 Å². The zero-order valence-corrected chi connectivity index (χ0v) is 24.0. The van der Waals surface area contributed by atoms with Gasteiger partial charge in [-0.3, -0.25) is 14.4 Å². The van der Waals surface area contributed by atoms with Gasteiger partial charge < -0.3 is 20.9 Å². The van der Waals surface area contributed by atoms with E-state index < -0.39 is 29.4 Å². The molecule has 0 aliphatic heterocycles. The summed E-state index contributed by atoms with van der Waals surface area (Å²) in [4.78, 5) is 48.3. The number of hydrogen-bond donors (Lipinski definition) is 3. The summed E-state index contributed by atoms with van der Waals surface area (Å²) in [5.41, 5.74) is 7.10. The third-order valence-corrected chi connectivity index (χ3v) is 5.64. The van der Waals surface area contributed by atoms with Crippen molar-refractivity contribution in [2.75, 3.05) is 7.11 Å². The molecule has 8 heteroatoms. The number of aliphatic carboxylic acids is 1. The van der Waals surface area contributed by atoms with Gasteiger partial charge in [0.1, 0.15) is 12.1 Å². The van der Waals surface area contributed by atoms with Crippen molar-refractivity contribution in [1.82, 2.24) is 5.32 Å². The van der Waals surface area contributed by atoms with Crippen molar-refractivity contribution in [1.29, 1.82) is 0 Å². The predicted octanol–water partition coefficient (Wildman–Crippen LogP) is 4.34. The highest BCUT2D eigenvalue weighted by Gasteiger charge is 2.31. The number of carboxylic acids is 1. The Kier molecular flexibility index (Phi) is 13.3. The number of benzene rings is 2. The van der Waals surface area contributed by atoms with Crippen molar-refractivity contribution >= 4 is 29.7 Å². The molecule has 0 heterocycles. The Morgan fingerprint density at radius 2 is 1.64 bits per heavy atom. The van der Waals surface area contributed by atoms with E-state index in [0.717, 1.165) is 11.1 Å². The lowest BCUT2D eigenvalue weighted by Gasteiger charge is -2.21.